The van der Waals surface area contributed by atoms with Crippen molar-refractivity contribution in [1.29, 1.82) is 0 Å². The first kappa shape index (κ1) is 8.11. The molecule has 0 bridgehead atoms. The molecule has 0 saturated heterocycles. The van der Waals surface area contributed by atoms with Crippen LogP contribution in [0, 0.1) is 0 Å². The van der Waals surface area contributed by atoms with Crippen molar-refractivity contribution in [1.82, 2.24) is 0 Å². The molecule has 0 saturated carbocycles. The van der Waals surface area contributed by atoms with Crippen LogP contribution in [0.1, 0.15) is 6.42 Å². The zero-order chi connectivity index (χ0) is 6.62. The average molecular weight is 136 g/mol. The summed E-state index contributed by atoms with van der Waals surface area (Å²) in [5.41, 5.74) is 3.64. The lowest BCUT2D eigenvalue weighted by Crippen LogP contribution is -2.50. The minimum absolute atomic E-state index is 0.774. The van der Waals surface area contributed by atoms with Crippen LogP contribution in [0.15, 0.2) is 0 Å². The molecule has 0 aliphatic heterocycles. The number of hydrogen-bond acceptors (Lipinski definition) is 0. The van der Waals surface area contributed by atoms with Gasteiger partial charge in [-0.05, 0) is 25.6 Å². The van der Waals surface area contributed by atoms with E-state index in [0.29, 0.717) is 0 Å². The molecule has 50 valence electrons. The van der Waals surface area contributed by atoms with Crippen LogP contribution in [-0.2, 0) is 0 Å². The molecule has 0 aliphatic rings. The molecule has 0 aromatic heterocycles. The lowest BCUT2D eigenvalue weighted by Gasteiger charge is -2.06. The first-order valence-electron chi connectivity index (χ1n) is 3.04. The van der Waals surface area contributed by atoms with Crippen LogP contribution in [0.2, 0.25) is 19.1 Å². The van der Waals surface area contributed by atoms with Gasteiger partial charge in [0.25, 0.3) is 0 Å². The molecule has 0 heterocycles. The predicted octanol–water partition coefficient (Wildman–Crippen LogP) is 0.793. The highest BCUT2D eigenvalue weighted by atomic mass is 28.4. The zero-order valence-corrected chi connectivity index (χ0v) is 6.71. The van der Waals surface area contributed by atoms with E-state index in [2.05, 4.69) is 5.73 Å². The van der Waals surface area contributed by atoms with Gasteiger partial charge in [-0.3, -0.25) is 0 Å². The third kappa shape index (κ3) is 6.11. The standard InChI is InChI=1S/C5H14FNSi/c1-8(2,6)5-3-4-7/h3-5,7H2,1-2H3/p+1. The van der Waals surface area contributed by atoms with E-state index in [9.17, 15) is 4.11 Å². The van der Waals surface area contributed by atoms with Crippen LogP contribution in [0.25, 0.3) is 0 Å². The Bertz CT molecular complexity index is 59.9. The van der Waals surface area contributed by atoms with Crippen molar-refractivity contribution in [2.45, 2.75) is 25.6 Å². The summed E-state index contributed by atoms with van der Waals surface area (Å²) in [4.78, 5) is 0. The fourth-order valence-corrected chi connectivity index (χ4v) is 1.64. The summed E-state index contributed by atoms with van der Waals surface area (Å²) >= 11 is 0. The highest BCUT2D eigenvalue weighted by Gasteiger charge is 2.18. The van der Waals surface area contributed by atoms with Gasteiger partial charge in [-0.2, -0.15) is 0 Å². The van der Waals surface area contributed by atoms with Gasteiger partial charge in [-0.15, -0.1) is 0 Å². The maximum Gasteiger partial charge on any atom is 0.241 e. The van der Waals surface area contributed by atoms with Crippen LogP contribution in [0.5, 0.6) is 0 Å². The molecular weight excluding hydrogens is 121 g/mol. The smallest absolute Gasteiger partial charge is 0.241 e. The molecule has 0 atom stereocenters. The number of hydrogen-bond donors (Lipinski definition) is 1. The van der Waals surface area contributed by atoms with Crippen molar-refractivity contribution in [3.05, 3.63) is 0 Å². The van der Waals surface area contributed by atoms with Gasteiger partial charge in [0.15, 0.2) is 0 Å². The summed E-state index contributed by atoms with van der Waals surface area (Å²) in [7, 11) is -2.22. The minimum Gasteiger partial charge on any atom is -0.358 e. The van der Waals surface area contributed by atoms with E-state index in [4.69, 9.17) is 0 Å². The Hall–Kier alpha value is 0.107. The van der Waals surface area contributed by atoms with Crippen LogP contribution in [0.4, 0.5) is 4.11 Å². The van der Waals surface area contributed by atoms with Gasteiger partial charge < -0.3 is 9.84 Å². The van der Waals surface area contributed by atoms with Crippen LogP contribution < -0.4 is 5.73 Å². The number of halogens is 1. The normalized spacial score (nSPS) is 12.0. The van der Waals surface area contributed by atoms with Crippen LogP contribution >= 0.6 is 0 Å². The van der Waals surface area contributed by atoms with E-state index in [1.54, 1.807) is 13.1 Å². The van der Waals surface area contributed by atoms with Gasteiger partial charge in [0.1, 0.15) is 0 Å². The van der Waals surface area contributed by atoms with E-state index < -0.39 is 8.41 Å². The molecule has 0 fully saturated rings. The summed E-state index contributed by atoms with van der Waals surface area (Å²) in [6.07, 6.45) is 0.954. The summed E-state index contributed by atoms with van der Waals surface area (Å²) < 4.78 is 12.7. The first-order valence-corrected chi connectivity index (χ1v) is 6.13. The molecule has 0 rings (SSSR count). The summed E-state index contributed by atoms with van der Waals surface area (Å²) in [6.45, 7) is 4.35. The second-order valence-electron chi connectivity index (χ2n) is 2.68. The average Bonchev–Trinajstić information content (AvgIpc) is 1.59. The molecule has 0 radical (unpaired) electrons. The monoisotopic (exact) mass is 136 g/mol. The van der Waals surface area contributed by atoms with Crippen LogP contribution in [-0.4, -0.2) is 15.0 Å². The molecule has 8 heavy (non-hydrogen) atoms. The molecule has 0 amide bonds. The Balaban J connectivity index is 3.11. The van der Waals surface area contributed by atoms with Gasteiger partial charge >= 0.3 is 0 Å². The molecule has 0 aromatic carbocycles. The van der Waals surface area contributed by atoms with Crippen molar-refractivity contribution >= 4 is 8.41 Å². The van der Waals surface area contributed by atoms with Gasteiger partial charge in [0.2, 0.25) is 8.41 Å². The molecule has 0 aliphatic carbocycles. The van der Waals surface area contributed by atoms with Crippen molar-refractivity contribution in [3.8, 4) is 0 Å². The molecule has 0 spiro atoms. The maximum absolute atomic E-state index is 12.7. The SMILES string of the molecule is C[Si](C)(F)CCC[NH3+]. The summed E-state index contributed by atoms with van der Waals surface area (Å²) in [5, 5.41) is 0. The molecule has 1 nitrogen and oxygen atoms in total. The third-order valence-corrected chi connectivity index (χ3v) is 2.56. The van der Waals surface area contributed by atoms with Gasteiger partial charge in [-0.25, -0.2) is 0 Å². The van der Waals surface area contributed by atoms with E-state index >= 15 is 0 Å². The van der Waals surface area contributed by atoms with Gasteiger partial charge in [0.05, 0.1) is 6.54 Å². The third-order valence-electron chi connectivity index (χ3n) is 1.02. The molecular formula is C5H15FNSi+. The highest BCUT2D eigenvalue weighted by molar-refractivity contribution is 6.70. The zero-order valence-electron chi connectivity index (χ0n) is 5.71. The summed E-state index contributed by atoms with van der Waals surface area (Å²) in [6, 6.07) is 0.774. The second-order valence-corrected chi connectivity index (χ2v) is 6.61. The Morgan fingerprint density at radius 3 is 2.12 bits per heavy atom. The lowest BCUT2D eigenvalue weighted by atomic mass is 10.5. The Labute approximate surface area is 51.3 Å². The fourth-order valence-electron chi connectivity index (χ4n) is 0.545. The molecule has 3 N–H and O–H groups in total. The summed E-state index contributed by atoms with van der Waals surface area (Å²) in [5.74, 6) is 0. The predicted molar refractivity (Wildman–Crippen MR) is 35.8 cm³/mol. The Morgan fingerprint density at radius 1 is 1.50 bits per heavy atom. The lowest BCUT2D eigenvalue weighted by molar-refractivity contribution is -0.367. The van der Waals surface area contributed by atoms with E-state index in [1.807, 2.05) is 0 Å². The second kappa shape index (κ2) is 3.20. The fraction of sp³-hybridized carbons (Fsp3) is 1.00. The number of quaternary nitrogens is 1. The largest absolute Gasteiger partial charge is 0.358 e. The van der Waals surface area contributed by atoms with E-state index in [1.165, 1.54) is 0 Å². The Morgan fingerprint density at radius 2 is 2.00 bits per heavy atom. The van der Waals surface area contributed by atoms with Gasteiger partial charge in [0, 0.05) is 0 Å². The Kier molecular flexibility index (Phi) is 3.24. The van der Waals surface area contributed by atoms with Gasteiger partial charge in [-0.1, -0.05) is 0 Å². The van der Waals surface area contributed by atoms with Crippen molar-refractivity contribution in [2.75, 3.05) is 6.54 Å². The topological polar surface area (TPSA) is 27.6 Å². The maximum atomic E-state index is 12.7. The first-order chi connectivity index (χ1) is 3.56. The molecule has 3 heteroatoms. The van der Waals surface area contributed by atoms with Crippen molar-refractivity contribution < 1.29 is 9.84 Å². The highest BCUT2D eigenvalue weighted by Crippen LogP contribution is 2.11. The quantitative estimate of drug-likeness (QED) is 0.439. The number of rotatable bonds is 3. The van der Waals surface area contributed by atoms with Crippen LogP contribution in [0.3, 0.4) is 0 Å². The van der Waals surface area contributed by atoms with Crippen molar-refractivity contribution in [2.24, 2.45) is 0 Å². The van der Waals surface area contributed by atoms with E-state index in [-0.39, 0.29) is 0 Å². The van der Waals surface area contributed by atoms with Crippen molar-refractivity contribution in [3.63, 3.8) is 0 Å². The van der Waals surface area contributed by atoms with E-state index in [0.717, 1.165) is 19.0 Å². The minimum atomic E-state index is -2.22. The molecule has 0 aromatic rings. The molecule has 0 unspecified atom stereocenters.